The smallest absolute Gasteiger partial charge is 0.264 e. The van der Waals surface area contributed by atoms with E-state index in [9.17, 15) is 33.2 Å². The Kier molecular flexibility index (Phi) is 8.71. The molecule has 0 saturated carbocycles. The standard InChI is InChI=1S/C32H35FN6O7/c1-46-20-5-6-23(33)22(17-20)29(42)34-19-9-12-38(18-19)27(41)10-11-36-13-15-37(16-14-36)24-4-2-3-21-28(24)32(45)39(31(21)44)25-7-8-26(40)35-30(25)43/h2-6,17,19,25H,7-16,18H2,1H3,(H,34,42)(H,35,40,43)/t19-,25-/m1/s1. The molecule has 0 unspecified atom stereocenters. The number of amides is 6. The Morgan fingerprint density at radius 1 is 1.00 bits per heavy atom. The highest BCUT2D eigenvalue weighted by atomic mass is 19.1. The molecule has 0 spiro atoms. The summed E-state index contributed by atoms with van der Waals surface area (Å²) in [5, 5.41) is 5.04. The second kappa shape index (κ2) is 12.9. The Morgan fingerprint density at radius 3 is 2.52 bits per heavy atom. The van der Waals surface area contributed by atoms with E-state index in [2.05, 4.69) is 15.5 Å². The average Bonchev–Trinajstić information content (AvgIpc) is 3.62. The minimum absolute atomic E-state index is 0.0229. The van der Waals surface area contributed by atoms with Crippen LogP contribution in [0.4, 0.5) is 10.1 Å². The van der Waals surface area contributed by atoms with Gasteiger partial charge in [-0.05, 0) is 43.2 Å². The van der Waals surface area contributed by atoms with Crippen LogP contribution in [0.3, 0.4) is 0 Å². The summed E-state index contributed by atoms with van der Waals surface area (Å²) in [6.45, 7) is 3.82. The van der Waals surface area contributed by atoms with Gasteiger partial charge in [0.1, 0.15) is 17.6 Å². The zero-order valence-electron chi connectivity index (χ0n) is 25.4. The van der Waals surface area contributed by atoms with E-state index < -0.39 is 41.4 Å². The van der Waals surface area contributed by atoms with Gasteiger partial charge in [-0.3, -0.25) is 43.9 Å². The summed E-state index contributed by atoms with van der Waals surface area (Å²) in [7, 11) is 1.44. The van der Waals surface area contributed by atoms with Crippen molar-refractivity contribution in [2.45, 2.75) is 37.8 Å². The number of benzene rings is 2. The van der Waals surface area contributed by atoms with E-state index in [1.165, 1.54) is 25.3 Å². The molecule has 2 aromatic rings. The summed E-state index contributed by atoms with van der Waals surface area (Å²) in [4.78, 5) is 83.2. The van der Waals surface area contributed by atoms with Gasteiger partial charge >= 0.3 is 0 Å². The number of piperidine rings is 1. The summed E-state index contributed by atoms with van der Waals surface area (Å²) in [6, 6.07) is 7.77. The molecule has 3 saturated heterocycles. The average molecular weight is 635 g/mol. The van der Waals surface area contributed by atoms with E-state index >= 15 is 0 Å². The molecule has 3 fully saturated rings. The first-order valence-electron chi connectivity index (χ1n) is 15.4. The van der Waals surface area contributed by atoms with Crippen LogP contribution in [0.15, 0.2) is 36.4 Å². The molecule has 2 N–H and O–H groups in total. The Labute approximate surface area is 264 Å². The van der Waals surface area contributed by atoms with E-state index in [0.717, 1.165) is 4.90 Å². The fourth-order valence-corrected chi connectivity index (χ4v) is 6.56. The molecule has 2 atom stereocenters. The highest BCUT2D eigenvalue weighted by Crippen LogP contribution is 2.34. The molecule has 6 rings (SSSR count). The molecule has 0 aliphatic carbocycles. The second-order valence-corrected chi connectivity index (χ2v) is 11.9. The van der Waals surface area contributed by atoms with Crippen LogP contribution in [-0.4, -0.2) is 115 Å². The number of methoxy groups -OCH3 is 1. The van der Waals surface area contributed by atoms with Crippen molar-refractivity contribution in [1.29, 1.82) is 0 Å². The lowest BCUT2D eigenvalue weighted by atomic mass is 10.0. The maximum absolute atomic E-state index is 14.2. The van der Waals surface area contributed by atoms with Crippen LogP contribution in [0, 0.1) is 5.82 Å². The fourth-order valence-electron chi connectivity index (χ4n) is 6.56. The number of hydrogen-bond donors (Lipinski definition) is 2. The number of nitrogens with zero attached hydrogens (tertiary/aromatic N) is 4. The number of imide groups is 2. The van der Waals surface area contributed by atoms with Gasteiger partial charge in [-0.25, -0.2) is 4.39 Å². The van der Waals surface area contributed by atoms with Gasteiger partial charge in [-0.1, -0.05) is 6.07 Å². The number of ether oxygens (including phenoxy) is 1. The largest absolute Gasteiger partial charge is 0.497 e. The van der Waals surface area contributed by atoms with Crippen LogP contribution in [0.2, 0.25) is 0 Å². The maximum atomic E-state index is 14.2. The lowest BCUT2D eigenvalue weighted by Gasteiger charge is -2.37. The van der Waals surface area contributed by atoms with Crippen molar-refractivity contribution in [3.8, 4) is 5.75 Å². The summed E-state index contributed by atoms with van der Waals surface area (Å²) in [6.07, 6.45) is 1.03. The van der Waals surface area contributed by atoms with Crippen LogP contribution in [0.1, 0.15) is 56.8 Å². The zero-order valence-corrected chi connectivity index (χ0v) is 25.4. The first-order chi connectivity index (χ1) is 22.1. The van der Waals surface area contributed by atoms with E-state index in [4.69, 9.17) is 4.74 Å². The monoisotopic (exact) mass is 634 g/mol. The van der Waals surface area contributed by atoms with Crippen LogP contribution in [-0.2, 0) is 14.4 Å². The van der Waals surface area contributed by atoms with Crippen molar-refractivity contribution < 1.29 is 37.9 Å². The fraction of sp³-hybridized carbons (Fsp3) is 0.438. The van der Waals surface area contributed by atoms with Gasteiger partial charge in [0.2, 0.25) is 17.7 Å². The van der Waals surface area contributed by atoms with Crippen LogP contribution < -0.4 is 20.3 Å². The minimum atomic E-state index is -1.02. The quantitative estimate of drug-likeness (QED) is 0.402. The molecular formula is C32H35FN6O7. The Bertz CT molecular complexity index is 1610. The Hall–Kier alpha value is -4.85. The number of halogens is 1. The molecule has 242 valence electrons. The zero-order chi connectivity index (χ0) is 32.5. The van der Waals surface area contributed by atoms with Gasteiger partial charge < -0.3 is 19.9 Å². The van der Waals surface area contributed by atoms with Crippen LogP contribution in [0.5, 0.6) is 5.75 Å². The van der Waals surface area contributed by atoms with Gasteiger partial charge in [0, 0.05) is 64.7 Å². The number of hydrogen-bond acceptors (Lipinski definition) is 9. The molecular weight excluding hydrogens is 599 g/mol. The van der Waals surface area contributed by atoms with E-state index in [1.807, 2.05) is 4.90 Å². The van der Waals surface area contributed by atoms with Gasteiger partial charge in [-0.15, -0.1) is 0 Å². The van der Waals surface area contributed by atoms with Crippen molar-refractivity contribution in [2.75, 3.05) is 57.8 Å². The number of anilines is 1. The molecule has 14 heteroatoms. The first-order valence-corrected chi connectivity index (χ1v) is 15.4. The molecule has 2 aromatic carbocycles. The molecule has 6 amide bonds. The molecule has 4 aliphatic rings. The summed E-state index contributed by atoms with van der Waals surface area (Å²) in [5.74, 6) is -2.98. The number of likely N-dealkylation sites (tertiary alicyclic amines) is 1. The summed E-state index contributed by atoms with van der Waals surface area (Å²) < 4.78 is 19.3. The third kappa shape index (κ3) is 6.04. The lowest BCUT2D eigenvalue weighted by molar-refractivity contribution is -0.136. The maximum Gasteiger partial charge on any atom is 0.264 e. The van der Waals surface area contributed by atoms with Gasteiger partial charge in [-0.2, -0.15) is 0 Å². The van der Waals surface area contributed by atoms with Crippen LogP contribution in [0.25, 0.3) is 0 Å². The Morgan fingerprint density at radius 2 is 1.78 bits per heavy atom. The number of carbonyl (C=O) groups is 6. The number of fused-ring (bicyclic) bond motifs is 1. The minimum Gasteiger partial charge on any atom is -0.497 e. The summed E-state index contributed by atoms with van der Waals surface area (Å²) in [5.41, 5.74) is 1.03. The van der Waals surface area contributed by atoms with Crippen molar-refractivity contribution in [2.24, 2.45) is 0 Å². The van der Waals surface area contributed by atoms with E-state index in [0.29, 0.717) is 70.1 Å². The van der Waals surface area contributed by atoms with E-state index in [-0.39, 0.29) is 41.5 Å². The third-order valence-electron chi connectivity index (χ3n) is 9.10. The normalized spacial score (nSPS) is 21.8. The number of nitrogens with one attached hydrogen (secondary N) is 2. The van der Waals surface area contributed by atoms with Crippen molar-refractivity contribution in [1.82, 2.24) is 25.3 Å². The lowest BCUT2D eigenvalue weighted by Crippen LogP contribution is -2.54. The van der Waals surface area contributed by atoms with Crippen molar-refractivity contribution >= 4 is 41.1 Å². The summed E-state index contributed by atoms with van der Waals surface area (Å²) >= 11 is 0. The topological polar surface area (TPSA) is 149 Å². The number of rotatable bonds is 8. The highest BCUT2D eigenvalue weighted by Gasteiger charge is 2.46. The van der Waals surface area contributed by atoms with Gasteiger partial charge in [0.25, 0.3) is 17.7 Å². The Balaban J connectivity index is 0.993. The molecule has 0 aromatic heterocycles. The van der Waals surface area contributed by atoms with Crippen molar-refractivity contribution in [3.05, 3.63) is 58.9 Å². The first kappa shape index (κ1) is 31.1. The van der Waals surface area contributed by atoms with Gasteiger partial charge in [0.15, 0.2) is 0 Å². The van der Waals surface area contributed by atoms with Crippen LogP contribution >= 0.6 is 0 Å². The van der Waals surface area contributed by atoms with Gasteiger partial charge in [0.05, 0.1) is 29.5 Å². The number of piperazine rings is 1. The second-order valence-electron chi connectivity index (χ2n) is 11.9. The predicted molar refractivity (Wildman–Crippen MR) is 162 cm³/mol. The molecule has 13 nitrogen and oxygen atoms in total. The molecule has 0 radical (unpaired) electrons. The molecule has 4 aliphatic heterocycles. The molecule has 46 heavy (non-hydrogen) atoms. The molecule has 0 bridgehead atoms. The highest BCUT2D eigenvalue weighted by molar-refractivity contribution is 6.25. The van der Waals surface area contributed by atoms with Crippen molar-refractivity contribution in [3.63, 3.8) is 0 Å². The predicted octanol–water partition coefficient (Wildman–Crippen LogP) is 0.779. The third-order valence-corrected chi connectivity index (χ3v) is 9.10. The SMILES string of the molecule is COc1ccc(F)c(C(=O)N[C@@H]2CCN(C(=O)CCN3CCN(c4cccc5c4C(=O)N([C@@H]4CCC(=O)NC4=O)C5=O)CC3)C2)c1. The number of carbonyl (C=O) groups excluding carboxylic acids is 6. The molecule has 4 heterocycles. The van der Waals surface area contributed by atoms with E-state index in [1.54, 1.807) is 23.1 Å².